The molecule has 0 spiro atoms. The molecule has 6 nitrogen and oxygen atoms in total. The molecule has 0 saturated heterocycles. The highest BCUT2D eigenvalue weighted by molar-refractivity contribution is 7.85. The van der Waals surface area contributed by atoms with Crippen molar-refractivity contribution in [2.75, 3.05) is 12.3 Å². The predicted octanol–water partition coefficient (Wildman–Crippen LogP) is -1.29. The predicted molar refractivity (Wildman–Crippen MR) is 32.5 cm³/mol. The highest BCUT2D eigenvalue weighted by Gasteiger charge is 2.01. The summed E-state index contributed by atoms with van der Waals surface area (Å²) in [4.78, 5) is 9.36. The minimum Gasteiger partial charge on any atom is -0.298 e. The Bertz CT molecular complexity index is 227. The quantitative estimate of drug-likeness (QED) is 0.178. The van der Waals surface area contributed by atoms with Crippen molar-refractivity contribution in [3.8, 4) is 0 Å². The van der Waals surface area contributed by atoms with Gasteiger partial charge in [-0.25, -0.2) is 4.79 Å². The molecule has 0 rings (SSSR count). The lowest BCUT2D eigenvalue weighted by Crippen LogP contribution is -2.17. The molecule has 0 aromatic carbocycles. The summed E-state index contributed by atoms with van der Waals surface area (Å²) in [6.45, 7) is -0.103. The maximum Gasteiger partial charge on any atom is 0.266 e. The van der Waals surface area contributed by atoms with Crippen LogP contribution in [0.15, 0.2) is 5.10 Å². The lowest BCUT2D eigenvalue weighted by atomic mass is 10.8. The molecule has 10 heavy (non-hydrogen) atoms. The zero-order valence-electron chi connectivity index (χ0n) is 4.94. The van der Waals surface area contributed by atoms with Crippen LogP contribution in [-0.2, 0) is 14.9 Å². The molecule has 0 saturated carbocycles. The standard InChI is InChI=1S/C3H6N2O4S/c6-3-5-4-1-2-10(7,8)9/h4H,1-2H2,(H,7,8,9). The monoisotopic (exact) mass is 166 g/mol. The van der Waals surface area contributed by atoms with Crippen LogP contribution in [0.4, 0.5) is 0 Å². The summed E-state index contributed by atoms with van der Waals surface area (Å²) in [5, 5.41) is 2.84. The first kappa shape index (κ1) is 9.09. The summed E-state index contributed by atoms with van der Waals surface area (Å²) in [7, 11) is -3.96. The van der Waals surface area contributed by atoms with E-state index in [1.807, 2.05) is 0 Å². The van der Waals surface area contributed by atoms with Gasteiger partial charge in [0, 0.05) is 0 Å². The van der Waals surface area contributed by atoms with Crippen molar-refractivity contribution >= 4 is 16.2 Å². The van der Waals surface area contributed by atoms with Gasteiger partial charge in [0.1, 0.15) is 0 Å². The van der Waals surface area contributed by atoms with E-state index in [1.54, 1.807) is 0 Å². The first-order valence-electron chi connectivity index (χ1n) is 2.31. The third-order valence-corrected chi connectivity index (χ3v) is 1.32. The second-order valence-corrected chi connectivity index (χ2v) is 2.97. The maximum absolute atomic E-state index is 9.97. The molecule has 0 radical (unpaired) electrons. The normalized spacial score (nSPS) is 10.1. The Balaban J connectivity index is 3.48. The fourth-order valence-corrected chi connectivity index (χ4v) is 0.612. The molecule has 0 aliphatic carbocycles. The van der Waals surface area contributed by atoms with E-state index in [-0.39, 0.29) is 6.54 Å². The Kier molecular flexibility index (Phi) is 3.63. The average Bonchev–Trinajstić information content (AvgIpc) is 1.78. The highest BCUT2D eigenvalue weighted by atomic mass is 32.2. The second kappa shape index (κ2) is 3.99. The van der Waals surface area contributed by atoms with Crippen LogP contribution < -0.4 is 5.43 Å². The zero-order chi connectivity index (χ0) is 8.04. The molecule has 58 valence electrons. The van der Waals surface area contributed by atoms with Crippen LogP contribution in [0.25, 0.3) is 0 Å². The lowest BCUT2D eigenvalue weighted by molar-refractivity contribution is 0.480. The van der Waals surface area contributed by atoms with Gasteiger partial charge in [-0.2, -0.15) is 8.42 Å². The molecular weight excluding hydrogens is 160 g/mol. The van der Waals surface area contributed by atoms with E-state index in [4.69, 9.17) is 4.55 Å². The second-order valence-electron chi connectivity index (χ2n) is 1.40. The van der Waals surface area contributed by atoms with Crippen LogP contribution >= 0.6 is 0 Å². The molecule has 0 aromatic rings. The largest absolute Gasteiger partial charge is 0.298 e. The topological polar surface area (TPSA) is 95.8 Å². The number of nitrogens with one attached hydrogen (secondary N) is 1. The van der Waals surface area contributed by atoms with Crippen molar-refractivity contribution < 1.29 is 17.8 Å². The van der Waals surface area contributed by atoms with Gasteiger partial charge in [-0.3, -0.25) is 9.98 Å². The van der Waals surface area contributed by atoms with E-state index in [2.05, 4.69) is 10.5 Å². The summed E-state index contributed by atoms with van der Waals surface area (Å²) in [5.74, 6) is -0.474. The molecule has 0 heterocycles. The third-order valence-electron chi connectivity index (χ3n) is 0.597. The van der Waals surface area contributed by atoms with Gasteiger partial charge in [-0.05, 0) is 0 Å². The number of hydrogen-bond donors (Lipinski definition) is 2. The Hall–Kier alpha value is -0.910. The van der Waals surface area contributed by atoms with E-state index >= 15 is 0 Å². The smallest absolute Gasteiger partial charge is 0.266 e. The van der Waals surface area contributed by atoms with Gasteiger partial charge in [0.05, 0.1) is 12.3 Å². The number of rotatable bonds is 4. The number of nitrogens with zero attached hydrogens (tertiary/aromatic N) is 1. The van der Waals surface area contributed by atoms with Crippen molar-refractivity contribution in [2.45, 2.75) is 0 Å². The van der Waals surface area contributed by atoms with Crippen LogP contribution in [0.1, 0.15) is 0 Å². The molecule has 7 heteroatoms. The molecule has 0 amide bonds. The zero-order valence-corrected chi connectivity index (χ0v) is 5.76. The Morgan fingerprint density at radius 1 is 1.60 bits per heavy atom. The molecular formula is C3H6N2O4S. The fraction of sp³-hybridized carbons (Fsp3) is 0.667. The molecule has 0 fully saturated rings. The molecule has 0 aliphatic rings. The van der Waals surface area contributed by atoms with Gasteiger partial charge in [0.2, 0.25) is 0 Å². The average molecular weight is 166 g/mol. The summed E-state index contributed by atoms with van der Waals surface area (Å²) >= 11 is 0. The Labute approximate surface area is 57.7 Å². The molecule has 0 atom stereocenters. The summed E-state index contributed by atoms with van der Waals surface area (Å²) in [6, 6.07) is 0. The van der Waals surface area contributed by atoms with Gasteiger partial charge < -0.3 is 0 Å². The van der Waals surface area contributed by atoms with Crippen molar-refractivity contribution in [3.63, 3.8) is 0 Å². The molecule has 0 aliphatic heterocycles. The SMILES string of the molecule is O=C=NNCCS(=O)(=O)O. The number of hydrogen-bond acceptors (Lipinski definition) is 5. The Morgan fingerprint density at radius 3 is 2.60 bits per heavy atom. The van der Waals surface area contributed by atoms with Gasteiger partial charge in [0.15, 0.2) is 0 Å². The van der Waals surface area contributed by atoms with Crippen LogP contribution in [-0.4, -0.2) is 31.3 Å². The summed E-state index contributed by atoms with van der Waals surface area (Å²) in [6.07, 6.45) is 1.14. The van der Waals surface area contributed by atoms with Crippen molar-refractivity contribution in [1.29, 1.82) is 0 Å². The van der Waals surface area contributed by atoms with Crippen molar-refractivity contribution in [1.82, 2.24) is 5.43 Å². The van der Waals surface area contributed by atoms with Crippen molar-refractivity contribution in [3.05, 3.63) is 0 Å². The van der Waals surface area contributed by atoms with Crippen LogP contribution in [0.3, 0.4) is 0 Å². The van der Waals surface area contributed by atoms with Crippen LogP contribution in [0.5, 0.6) is 0 Å². The van der Waals surface area contributed by atoms with Crippen molar-refractivity contribution in [2.24, 2.45) is 5.10 Å². The van der Waals surface area contributed by atoms with E-state index < -0.39 is 15.9 Å². The van der Waals surface area contributed by atoms with Crippen LogP contribution in [0, 0.1) is 0 Å². The van der Waals surface area contributed by atoms with Crippen LogP contribution in [0.2, 0.25) is 0 Å². The van der Waals surface area contributed by atoms with E-state index in [9.17, 15) is 13.2 Å². The van der Waals surface area contributed by atoms with Gasteiger partial charge in [0.25, 0.3) is 16.2 Å². The molecule has 0 bridgehead atoms. The van der Waals surface area contributed by atoms with Gasteiger partial charge >= 0.3 is 0 Å². The number of hydrazone groups is 1. The molecule has 0 aromatic heterocycles. The minimum atomic E-state index is -3.96. The minimum absolute atomic E-state index is 0.103. The molecule has 2 N–H and O–H groups in total. The first-order valence-corrected chi connectivity index (χ1v) is 3.92. The van der Waals surface area contributed by atoms with E-state index in [1.165, 1.54) is 0 Å². The number of carbonyl (C=O) groups excluding carboxylic acids is 1. The highest BCUT2D eigenvalue weighted by Crippen LogP contribution is 1.77. The summed E-state index contributed by atoms with van der Waals surface area (Å²) < 4.78 is 28.0. The summed E-state index contributed by atoms with van der Waals surface area (Å²) in [5.41, 5.74) is 2.05. The molecule has 0 unspecified atom stereocenters. The lowest BCUT2D eigenvalue weighted by Gasteiger charge is -1.93. The van der Waals surface area contributed by atoms with E-state index in [0.717, 1.165) is 6.08 Å². The van der Waals surface area contributed by atoms with Gasteiger partial charge in [-0.15, -0.1) is 0 Å². The third kappa shape index (κ3) is 7.09. The van der Waals surface area contributed by atoms with Gasteiger partial charge in [-0.1, -0.05) is 5.10 Å². The van der Waals surface area contributed by atoms with E-state index in [0.29, 0.717) is 0 Å². The maximum atomic E-state index is 9.97. The first-order chi connectivity index (χ1) is 4.56. The number of isocyanates is 1. The Morgan fingerprint density at radius 2 is 2.20 bits per heavy atom. The fourth-order valence-electron chi connectivity index (χ4n) is 0.263.